The lowest BCUT2D eigenvalue weighted by Gasteiger charge is -2.26. The van der Waals surface area contributed by atoms with Crippen LogP contribution in [0.1, 0.15) is 0 Å². The van der Waals surface area contributed by atoms with E-state index in [-0.39, 0.29) is 0 Å². The van der Waals surface area contributed by atoms with Gasteiger partial charge in [0, 0.05) is 53.7 Å². The quantitative estimate of drug-likeness (QED) is 0.206. The van der Waals surface area contributed by atoms with Crippen molar-refractivity contribution < 1.29 is 0 Å². The molecular weight excluding hydrogens is 541 g/mol. The molecular formula is C40H26N2S. The van der Waals surface area contributed by atoms with E-state index in [0.29, 0.717) is 0 Å². The van der Waals surface area contributed by atoms with Crippen LogP contribution < -0.4 is 4.90 Å². The van der Waals surface area contributed by atoms with E-state index in [1.165, 1.54) is 52.8 Å². The fraction of sp³-hybridized carbons (Fsp3) is 0. The summed E-state index contributed by atoms with van der Waals surface area (Å²) in [6.07, 6.45) is 0. The van der Waals surface area contributed by atoms with Crippen molar-refractivity contribution >= 4 is 81.1 Å². The van der Waals surface area contributed by atoms with Gasteiger partial charge in [-0.05, 0) is 71.4 Å². The molecule has 0 saturated heterocycles. The lowest BCUT2D eigenvalue weighted by Crippen LogP contribution is -2.09. The van der Waals surface area contributed by atoms with Crippen molar-refractivity contribution in [3.63, 3.8) is 0 Å². The normalized spacial score (nSPS) is 11.7. The zero-order valence-electron chi connectivity index (χ0n) is 23.3. The van der Waals surface area contributed by atoms with Crippen LogP contribution in [0.5, 0.6) is 0 Å². The molecule has 9 rings (SSSR count). The third-order valence-corrected chi connectivity index (χ3v) is 9.77. The maximum absolute atomic E-state index is 2.39. The molecule has 2 heterocycles. The second-order valence-electron chi connectivity index (χ2n) is 11.0. The number of rotatable bonds is 4. The maximum Gasteiger partial charge on any atom is 0.0561 e. The Labute approximate surface area is 253 Å². The first-order chi connectivity index (χ1) is 21.3. The first-order valence-electron chi connectivity index (χ1n) is 14.6. The molecule has 9 aromatic rings. The summed E-state index contributed by atoms with van der Waals surface area (Å²) in [5, 5.41) is 7.73. The largest absolute Gasteiger partial charge is 0.310 e. The number of benzene rings is 7. The average Bonchev–Trinajstić information content (AvgIpc) is 3.61. The number of fused-ring (bicyclic) bond motifs is 8. The fourth-order valence-electron chi connectivity index (χ4n) is 6.61. The molecule has 0 aliphatic rings. The topological polar surface area (TPSA) is 8.17 Å². The molecule has 0 bridgehead atoms. The van der Waals surface area contributed by atoms with E-state index in [1.807, 2.05) is 11.3 Å². The Morgan fingerprint density at radius 1 is 0.419 bits per heavy atom. The zero-order valence-corrected chi connectivity index (χ0v) is 24.1. The average molecular weight is 567 g/mol. The van der Waals surface area contributed by atoms with E-state index >= 15 is 0 Å². The van der Waals surface area contributed by atoms with E-state index in [9.17, 15) is 0 Å². The van der Waals surface area contributed by atoms with Crippen LogP contribution >= 0.6 is 11.3 Å². The maximum atomic E-state index is 2.39. The minimum Gasteiger partial charge on any atom is -0.310 e. The summed E-state index contributed by atoms with van der Waals surface area (Å²) in [5.74, 6) is 0. The Morgan fingerprint density at radius 3 is 1.93 bits per heavy atom. The van der Waals surface area contributed by atoms with Gasteiger partial charge in [0.15, 0.2) is 0 Å². The van der Waals surface area contributed by atoms with Crippen LogP contribution in [0.3, 0.4) is 0 Å². The molecule has 3 heteroatoms. The molecule has 2 aromatic heterocycles. The Balaban J connectivity index is 1.30. The molecule has 0 spiro atoms. The number of nitrogens with zero attached hydrogens (tertiary/aromatic N) is 2. The molecule has 0 aliphatic heterocycles. The van der Waals surface area contributed by atoms with Gasteiger partial charge in [-0.1, -0.05) is 97.1 Å². The van der Waals surface area contributed by atoms with Gasteiger partial charge >= 0.3 is 0 Å². The highest BCUT2D eigenvalue weighted by Gasteiger charge is 2.18. The smallest absolute Gasteiger partial charge is 0.0561 e. The molecule has 0 fully saturated rings. The minimum absolute atomic E-state index is 1.13. The van der Waals surface area contributed by atoms with Crippen LogP contribution in [-0.2, 0) is 0 Å². The molecule has 43 heavy (non-hydrogen) atoms. The predicted octanol–water partition coefficient (Wildman–Crippen LogP) is 11.8. The monoisotopic (exact) mass is 566 g/mol. The van der Waals surface area contributed by atoms with Crippen LogP contribution in [-0.4, -0.2) is 4.57 Å². The van der Waals surface area contributed by atoms with E-state index < -0.39 is 0 Å². The Morgan fingerprint density at radius 2 is 1.07 bits per heavy atom. The van der Waals surface area contributed by atoms with Gasteiger partial charge in [0.25, 0.3) is 0 Å². The highest BCUT2D eigenvalue weighted by molar-refractivity contribution is 7.26. The van der Waals surface area contributed by atoms with Crippen LogP contribution in [0.15, 0.2) is 158 Å². The van der Waals surface area contributed by atoms with Crippen molar-refractivity contribution in [2.45, 2.75) is 0 Å². The number of aromatic nitrogens is 1. The summed E-state index contributed by atoms with van der Waals surface area (Å²) in [5.41, 5.74) is 6.98. The Kier molecular flexibility index (Phi) is 5.40. The van der Waals surface area contributed by atoms with Crippen molar-refractivity contribution in [2.75, 3.05) is 4.90 Å². The summed E-state index contributed by atoms with van der Waals surface area (Å²) in [4.78, 5) is 2.39. The van der Waals surface area contributed by atoms with Crippen LogP contribution in [0.4, 0.5) is 17.1 Å². The van der Waals surface area contributed by atoms with Crippen LogP contribution in [0.2, 0.25) is 0 Å². The second kappa shape index (κ2) is 9.59. The molecule has 0 atom stereocenters. The highest BCUT2D eigenvalue weighted by Crippen LogP contribution is 2.43. The summed E-state index contributed by atoms with van der Waals surface area (Å²) in [6, 6.07) is 57.1. The molecule has 7 aromatic carbocycles. The Bertz CT molecular complexity index is 2450. The Hall–Kier alpha value is -5.38. The zero-order chi connectivity index (χ0) is 28.3. The van der Waals surface area contributed by atoms with Crippen molar-refractivity contribution in [3.05, 3.63) is 158 Å². The number of thiophene rings is 1. The lowest BCUT2D eigenvalue weighted by molar-refractivity contribution is 1.18. The lowest BCUT2D eigenvalue weighted by atomic mass is 10.1. The van der Waals surface area contributed by atoms with Crippen LogP contribution in [0, 0.1) is 0 Å². The fourth-order valence-corrected chi connectivity index (χ4v) is 7.83. The van der Waals surface area contributed by atoms with Crippen molar-refractivity contribution in [1.82, 2.24) is 4.57 Å². The molecule has 0 aliphatic carbocycles. The first-order valence-corrected chi connectivity index (χ1v) is 15.4. The third kappa shape index (κ3) is 3.79. The van der Waals surface area contributed by atoms with E-state index in [2.05, 4.69) is 167 Å². The standard InChI is InChI=1S/C40H26N2S/c1-3-12-28(13-4-1)41(30-21-24-39-36(25-30)35-22-19-27-11-7-8-16-32(27)40(35)43-39)31-20-23-34-33-17-9-10-18-37(33)42(38(34)26-31)29-14-5-2-6-15-29/h1-26H. The molecule has 0 saturated carbocycles. The molecule has 0 amide bonds. The summed E-state index contributed by atoms with van der Waals surface area (Å²) in [7, 11) is 0. The number of para-hydroxylation sites is 3. The second-order valence-corrected chi connectivity index (χ2v) is 12.1. The van der Waals surface area contributed by atoms with Crippen molar-refractivity contribution in [3.8, 4) is 5.69 Å². The molecule has 202 valence electrons. The van der Waals surface area contributed by atoms with Gasteiger partial charge in [-0.2, -0.15) is 0 Å². The van der Waals surface area contributed by atoms with E-state index in [4.69, 9.17) is 0 Å². The summed E-state index contributed by atoms with van der Waals surface area (Å²) in [6.45, 7) is 0. The van der Waals surface area contributed by atoms with Gasteiger partial charge in [0.1, 0.15) is 0 Å². The van der Waals surface area contributed by atoms with Gasteiger partial charge in [0.2, 0.25) is 0 Å². The number of hydrogen-bond acceptors (Lipinski definition) is 2. The van der Waals surface area contributed by atoms with Crippen LogP contribution in [0.25, 0.3) is 58.4 Å². The van der Waals surface area contributed by atoms with Gasteiger partial charge in [0.05, 0.1) is 11.0 Å². The minimum atomic E-state index is 1.13. The molecule has 0 unspecified atom stereocenters. The van der Waals surface area contributed by atoms with Crippen molar-refractivity contribution in [2.24, 2.45) is 0 Å². The summed E-state index contributed by atoms with van der Waals surface area (Å²) < 4.78 is 5.05. The van der Waals surface area contributed by atoms with Gasteiger partial charge in [-0.3, -0.25) is 0 Å². The molecule has 2 nitrogen and oxygen atoms in total. The first kappa shape index (κ1) is 24.2. The van der Waals surface area contributed by atoms with E-state index in [1.54, 1.807) is 0 Å². The SMILES string of the molecule is c1ccc(N(c2ccc3sc4c5ccccc5ccc4c3c2)c2ccc3c4ccccc4n(-c4ccccc4)c3c2)cc1. The summed E-state index contributed by atoms with van der Waals surface area (Å²) >= 11 is 1.89. The predicted molar refractivity (Wildman–Crippen MR) is 186 cm³/mol. The number of hydrogen-bond donors (Lipinski definition) is 0. The highest BCUT2D eigenvalue weighted by atomic mass is 32.1. The van der Waals surface area contributed by atoms with Gasteiger partial charge in [-0.15, -0.1) is 11.3 Å². The molecule has 0 N–H and O–H groups in total. The third-order valence-electron chi connectivity index (χ3n) is 8.55. The van der Waals surface area contributed by atoms with Crippen molar-refractivity contribution in [1.29, 1.82) is 0 Å². The van der Waals surface area contributed by atoms with Gasteiger partial charge < -0.3 is 9.47 Å². The number of anilines is 3. The van der Waals surface area contributed by atoms with E-state index in [0.717, 1.165) is 22.7 Å². The van der Waals surface area contributed by atoms with Gasteiger partial charge in [-0.25, -0.2) is 0 Å². The molecule has 0 radical (unpaired) electrons.